The monoisotopic (exact) mass is 753 g/mol. The van der Waals surface area contributed by atoms with Gasteiger partial charge in [0.25, 0.3) is 11.8 Å². The van der Waals surface area contributed by atoms with Crippen molar-refractivity contribution in [3.8, 4) is 22.5 Å². The molecule has 7 aromatic rings. The lowest BCUT2D eigenvalue weighted by molar-refractivity contribution is 0.0240. The topological polar surface area (TPSA) is 154 Å². The predicted octanol–water partition coefficient (Wildman–Crippen LogP) is 7.64. The number of piperidine rings is 1. The number of rotatable bonds is 9. The highest BCUT2D eigenvalue weighted by atomic mass is 16.3. The zero-order valence-electron chi connectivity index (χ0n) is 33.2. The molecule has 56 heavy (non-hydrogen) atoms. The third-order valence-electron chi connectivity index (χ3n) is 11.2. The molecule has 1 unspecified atom stereocenters. The van der Waals surface area contributed by atoms with Crippen molar-refractivity contribution in [2.24, 2.45) is 11.3 Å². The van der Waals surface area contributed by atoms with Gasteiger partial charge in [0, 0.05) is 52.7 Å². The molecule has 1 atom stereocenters. The average Bonchev–Trinajstić information content (AvgIpc) is 3.97. The van der Waals surface area contributed by atoms with Crippen molar-refractivity contribution >= 4 is 34.2 Å². The van der Waals surface area contributed by atoms with E-state index in [2.05, 4.69) is 58.5 Å². The van der Waals surface area contributed by atoms with E-state index in [1.165, 1.54) is 0 Å². The zero-order valence-corrected chi connectivity index (χ0v) is 33.2. The normalized spacial score (nSPS) is 16.1. The molecule has 14 heteroatoms. The largest absolute Gasteiger partial charge is 0.466 e. The average molecular weight is 754 g/mol. The number of benzene rings is 1. The maximum Gasteiger partial charge on any atom is 0.261 e. The summed E-state index contributed by atoms with van der Waals surface area (Å²) in [6.07, 6.45) is 7.10. The van der Waals surface area contributed by atoms with Crippen LogP contribution in [0.15, 0.2) is 65.5 Å². The van der Waals surface area contributed by atoms with E-state index in [1.807, 2.05) is 90.6 Å². The standard InChI is InChI=1S/C42H47N11O3/c1-24(2)42(14-9-15-50(22-42)41(55)33-18-36(32-17-28(7)56-29(32)8)47-38-34(33)19-43-52(38)25(3)4)23-51-21-37(48-49-51)30-10-12-31(13-11-30)46-40(54)35-20-44-53-27(6)16-26(5)45-39(35)53/h10-13,16-21,24-25H,9,14-15,22-23H2,1-8H3,(H,46,54). The summed E-state index contributed by atoms with van der Waals surface area (Å²) in [6.45, 7) is 18.1. The molecule has 6 aromatic heterocycles. The van der Waals surface area contributed by atoms with E-state index in [9.17, 15) is 9.59 Å². The van der Waals surface area contributed by atoms with Crippen molar-refractivity contribution in [1.82, 2.24) is 49.3 Å². The van der Waals surface area contributed by atoms with E-state index in [1.54, 1.807) is 16.9 Å². The second-order valence-electron chi connectivity index (χ2n) is 15.8. The molecule has 8 rings (SSSR count). The van der Waals surface area contributed by atoms with E-state index in [0.29, 0.717) is 53.4 Å². The van der Waals surface area contributed by atoms with E-state index < -0.39 is 0 Å². The second-order valence-corrected chi connectivity index (χ2v) is 15.8. The Balaban J connectivity index is 1.01. The highest BCUT2D eigenvalue weighted by Crippen LogP contribution is 2.40. The first-order valence-electron chi connectivity index (χ1n) is 19.2. The van der Waals surface area contributed by atoms with Crippen LogP contribution in [0.25, 0.3) is 39.2 Å². The van der Waals surface area contributed by atoms with Crippen LogP contribution in [0.5, 0.6) is 0 Å². The molecule has 1 saturated heterocycles. The number of likely N-dealkylation sites (tertiary alicyclic amines) is 1. The molecule has 0 bridgehead atoms. The van der Waals surface area contributed by atoms with Gasteiger partial charge in [-0.05, 0) is 90.6 Å². The third kappa shape index (κ3) is 6.62. The Morgan fingerprint density at radius 1 is 0.911 bits per heavy atom. The molecule has 1 aliphatic rings. The van der Waals surface area contributed by atoms with Crippen LogP contribution in [-0.2, 0) is 6.54 Å². The van der Waals surface area contributed by atoms with Crippen LogP contribution >= 0.6 is 0 Å². The fourth-order valence-electron chi connectivity index (χ4n) is 8.07. The van der Waals surface area contributed by atoms with Crippen LogP contribution in [0, 0.1) is 39.0 Å². The smallest absolute Gasteiger partial charge is 0.261 e. The molecule has 1 aliphatic heterocycles. The molecule has 0 radical (unpaired) electrons. The van der Waals surface area contributed by atoms with Crippen molar-refractivity contribution in [2.75, 3.05) is 18.4 Å². The zero-order chi connectivity index (χ0) is 39.5. The number of hydrogen-bond donors (Lipinski definition) is 1. The molecule has 2 amide bonds. The molecule has 7 heterocycles. The van der Waals surface area contributed by atoms with Crippen molar-refractivity contribution in [3.63, 3.8) is 0 Å². The lowest BCUT2D eigenvalue weighted by Gasteiger charge is -2.45. The van der Waals surface area contributed by atoms with Crippen molar-refractivity contribution in [3.05, 3.63) is 95.1 Å². The first-order chi connectivity index (χ1) is 26.8. The molecule has 0 aliphatic carbocycles. The predicted molar refractivity (Wildman–Crippen MR) is 213 cm³/mol. The second kappa shape index (κ2) is 14.2. The van der Waals surface area contributed by atoms with E-state index in [0.717, 1.165) is 58.0 Å². The number of nitrogens with zero attached hydrogens (tertiary/aromatic N) is 10. The third-order valence-corrected chi connectivity index (χ3v) is 11.2. The summed E-state index contributed by atoms with van der Waals surface area (Å²) in [5.41, 5.74) is 7.53. The van der Waals surface area contributed by atoms with E-state index in [-0.39, 0.29) is 29.2 Å². The molecular weight excluding hydrogens is 707 g/mol. The number of aryl methyl sites for hydroxylation is 4. The summed E-state index contributed by atoms with van der Waals surface area (Å²) in [7, 11) is 0. The molecular formula is C42H47N11O3. The SMILES string of the molecule is Cc1cc(C)n2ncc(C(=O)Nc3ccc(-c4cn(CC5(C(C)C)CCCN(C(=O)c6cc(-c7cc(C)oc7C)nc7c6cnn7C(C)C)C5)nn4)cc3)c2n1. The van der Waals surface area contributed by atoms with Crippen LogP contribution < -0.4 is 5.32 Å². The minimum atomic E-state index is -0.280. The maximum absolute atomic E-state index is 14.6. The Hall–Kier alpha value is -6.18. The van der Waals surface area contributed by atoms with Gasteiger partial charge in [0.1, 0.15) is 22.8 Å². The number of carbonyl (C=O) groups excluding carboxylic acids is 2. The Morgan fingerprint density at radius 2 is 1.70 bits per heavy atom. The molecule has 288 valence electrons. The number of aromatic nitrogens is 9. The fraction of sp³-hybridized carbons (Fsp3) is 0.381. The van der Waals surface area contributed by atoms with Gasteiger partial charge in [-0.1, -0.05) is 31.2 Å². The number of fused-ring (bicyclic) bond motifs is 2. The quantitative estimate of drug-likeness (QED) is 0.157. The van der Waals surface area contributed by atoms with Gasteiger partial charge in [0.15, 0.2) is 11.3 Å². The highest BCUT2D eigenvalue weighted by molar-refractivity contribution is 6.08. The van der Waals surface area contributed by atoms with Gasteiger partial charge >= 0.3 is 0 Å². The van der Waals surface area contributed by atoms with Gasteiger partial charge in [-0.3, -0.25) is 14.3 Å². The summed E-state index contributed by atoms with van der Waals surface area (Å²) >= 11 is 0. The van der Waals surface area contributed by atoms with Crippen LogP contribution in [0.1, 0.15) is 90.2 Å². The number of anilines is 1. The van der Waals surface area contributed by atoms with Crippen molar-refractivity contribution in [2.45, 2.75) is 80.8 Å². The Morgan fingerprint density at radius 3 is 2.41 bits per heavy atom. The van der Waals surface area contributed by atoms with Gasteiger partial charge < -0.3 is 14.6 Å². The lowest BCUT2D eigenvalue weighted by atomic mass is 9.71. The summed E-state index contributed by atoms with van der Waals surface area (Å²) in [5.74, 6) is 1.51. The van der Waals surface area contributed by atoms with Gasteiger partial charge in [-0.25, -0.2) is 19.2 Å². The van der Waals surface area contributed by atoms with Crippen LogP contribution in [0.2, 0.25) is 0 Å². The number of pyridine rings is 1. The van der Waals surface area contributed by atoms with Crippen LogP contribution in [0.4, 0.5) is 5.69 Å². The molecule has 14 nitrogen and oxygen atoms in total. The van der Waals surface area contributed by atoms with Crippen molar-refractivity contribution in [1.29, 1.82) is 0 Å². The Kier molecular flexibility index (Phi) is 9.29. The maximum atomic E-state index is 14.6. The van der Waals surface area contributed by atoms with E-state index in [4.69, 9.17) is 9.40 Å². The van der Waals surface area contributed by atoms with Gasteiger partial charge in [0.2, 0.25) is 0 Å². The number of nitrogens with one attached hydrogen (secondary N) is 1. The molecule has 1 N–H and O–H groups in total. The van der Waals surface area contributed by atoms with Gasteiger partial charge in [-0.2, -0.15) is 10.2 Å². The summed E-state index contributed by atoms with van der Waals surface area (Å²) in [4.78, 5) is 39.4. The molecule has 0 saturated carbocycles. The minimum Gasteiger partial charge on any atom is -0.466 e. The summed E-state index contributed by atoms with van der Waals surface area (Å²) < 4.78 is 11.3. The molecule has 1 fully saturated rings. The highest BCUT2D eigenvalue weighted by Gasteiger charge is 2.41. The van der Waals surface area contributed by atoms with Crippen LogP contribution in [-0.4, -0.2) is 74.2 Å². The number of hydrogen-bond acceptors (Lipinski definition) is 9. The van der Waals surface area contributed by atoms with Gasteiger partial charge in [0.05, 0.1) is 41.8 Å². The number of furan rings is 1. The lowest BCUT2D eigenvalue weighted by Crippen LogP contribution is -2.50. The Bertz CT molecular complexity index is 2610. The summed E-state index contributed by atoms with van der Waals surface area (Å²) in [5, 5.41) is 21.8. The number of carbonyl (C=O) groups is 2. The van der Waals surface area contributed by atoms with Crippen molar-refractivity contribution < 1.29 is 14.0 Å². The summed E-state index contributed by atoms with van der Waals surface area (Å²) in [6, 6.07) is 13.4. The minimum absolute atomic E-state index is 0.0286. The van der Waals surface area contributed by atoms with E-state index >= 15 is 0 Å². The first kappa shape index (κ1) is 36.8. The first-order valence-corrected chi connectivity index (χ1v) is 19.2. The number of amides is 2. The molecule has 1 aromatic carbocycles. The van der Waals surface area contributed by atoms with Crippen LogP contribution in [0.3, 0.4) is 0 Å². The van der Waals surface area contributed by atoms with Gasteiger partial charge in [-0.15, -0.1) is 5.10 Å². The fourth-order valence-corrected chi connectivity index (χ4v) is 8.07. The molecule has 0 spiro atoms. The Labute approximate surface area is 324 Å².